The van der Waals surface area contributed by atoms with Crippen molar-refractivity contribution in [2.24, 2.45) is 11.7 Å². The van der Waals surface area contributed by atoms with Crippen LogP contribution < -0.4 is 11.1 Å². The zero-order valence-corrected chi connectivity index (χ0v) is 13.0. The highest BCUT2D eigenvalue weighted by Gasteiger charge is 2.15. The molecule has 1 rings (SSSR count). The van der Waals surface area contributed by atoms with Crippen molar-refractivity contribution in [1.29, 1.82) is 0 Å². The number of nitrogens with one attached hydrogen (secondary N) is 1. The Bertz CT molecular complexity index is 631. The van der Waals surface area contributed by atoms with E-state index in [0.29, 0.717) is 28.5 Å². The maximum absolute atomic E-state index is 11.9. The standard InChI is InChI=1S/C15H22N2O2S/c1-10(2)8-14-7-6-13(11(3)17-12(4)16)9-15(14)20(5,18)19/h6-7,9-10,17H,3-4,8,16H2,1-2,5H3. The van der Waals surface area contributed by atoms with E-state index in [-0.39, 0.29) is 5.82 Å². The summed E-state index contributed by atoms with van der Waals surface area (Å²) in [5.74, 6) is 0.647. The summed E-state index contributed by atoms with van der Waals surface area (Å²) >= 11 is 0. The zero-order valence-electron chi connectivity index (χ0n) is 12.2. The van der Waals surface area contributed by atoms with E-state index in [9.17, 15) is 8.42 Å². The van der Waals surface area contributed by atoms with Crippen molar-refractivity contribution in [3.8, 4) is 0 Å². The third kappa shape index (κ3) is 4.42. The van der Waals surface area contributed by atoms with Crippen LogP contribution in [0.15, 0.2) is 42.1 Å². The number of hydrogen-bond donors (Lipinski definition) is 2. The minimum absolute atomic E-state index is 0.266. The van der Waals surface area contributed by atoms with E-state index in [4.69, 9.17) is 5.73 Å². The van der Waals surface area contributed by atoms with Gasteiger partial charge < -0.3 is 11.1 Å². The van der Waals surface area contributed by atoms with Crippen molar-refractivity contribution in [1.82, 2.24) is 5.32 Å². The molecule has 0 saturated carbocycles. The van der Waals surface area contributed by atoms with Crippen molar-refractivity contribution >= 4 is 15.5 Å². The molecule has 0 spiro atoms. The Balaban J connectivity index is 3.28. The van der Waals surface area contributed by atoms with Crippen molar-refractivity contribution in [2.45, 2.75) is 25.2 Å². The molecule has 3 N–H and O–H groups in total. The topological polar surface area (TPSA) is 72.2 Å². The summed E-state index contributed by atoms with van der Waals surface area (Å²) in [6.45, 7) is 11.5. The predicted molar refractivity (Wildman–Crippen MR) is 83.6 cm³/mol. The second-order valence-electron chi connectivity index (χ2n) is 5.32. The second-order valence-corrected chi connectivity index (χ2v) is 7.31. The Kier molecular flexibility index (Phi) is 5.00. The molecule has 0 aliphatic heterocycles. The summed E-state index contributed by atoms with van der Waals surface area (Å²) in [4.78, 5) is 0.342. The predicted octanol–water partition coefficient (Wildman–Crippen LogP) is 2.28. The van der Waals surface area contributed by atoms with E-state index in [1.54, 1.807) is 6.07 Å². The second kappa shape index (κ2) is 6.13. The first-order valence-electron chi connectivity index (χ1n) is 6.35. The molecule has 110 valence electrons. The molecule has 4 nitrogen and oxygen atoms in total. The monoisotopic (exact) mass is 294 g/mol. The lowest BCUT2D eigenvalue weighted by Gasteiger charge is -2.14. The minimum atomic E-state index is -3.29. The van der Waals surface area contributed by atoms with Crippen LogP contribution >= 0.6 is 0 Å². The Morgan fingerprint density at radius 3 is 2.40 bits per heavy atom. The molecule has 0 saturated heterocycles. The van der Waals surface area contributed by atoms with Crippen LogP contribution in [0.25, 0.3) is 5.70 Å². The molecule has 0 aromatic heterocycles. The molecule has 5 heteroatoms. The van der Waals surface area contributed by atoms with Gasteiger partial charge in [0.2, 0.25) is 0 Å². The highest BCUT2D eigenvalue weighted by atomic mass is 32.2. The van der Waals surface area contributed by atoms with Crippen molar-refractivity contribution < 1.29 is 8.42 Å². The largest absolute Gasteiger partial charge is 0.386 e. The quantitative estimate of drug-likeness (QED) is 0.844. The molecule has 0 unspecified atom stereocenters. The molecule has 0 heterocycles. The highest BCUT2D eigenvalue weighted by Crippen LogP contribution is 2.23. The summed E-state index contributed by atoms with van der Waals surface area (Å²) in [5.41, 5.74) is 7.50. The lowest BCUT2D eigenvalue weighted by Crippen LogP contribution is -2.17. The van der Waals surface area contributed by atoms with Gasteiger partial charge in [0.15, 0.2) is 9.84 Å². The van der Waals surface area contributed by atoms with E-state index >= 15 is 0 Å². The van der Waals surface area contributed by atoms with E-state index in [0.717, 1.165) is 5.56 Å². The van der Waals surface area contributed by atoms with Crippen molar-refractivity contribution in [2.75, 3.05) is 6.26 Å². The van der Waals surface area contributed by atoms with Crippen LogP contribution in [0.3, 0.4) is 0 Å². The van der Waals surface area contributed by atoms with Crippen LogP contribution in [-0.4, -0.2) is 14.7 Å². The van der Waals surface area contributed by atoms with Crippen LogP contribution in [0, 0.1) is 5.92 Å². The van der Waals surface area contributed by atoms with Gasteiger partial charge in [-0.1, -0.05) is 39.1 Å². The first-order valence-corrected chi connectivity index (χ1v) is 8.24. The number of nitrogens with two attached hydrogens (primary N) is 1. The van der Waals surface area contributed by atoms with Gasteiger partial charge in [-0.2, -0.15) is 0 Å². The Morgan fingerprint density at radius 2 is 1.95 bits per heavy atom. The molecule has 0 radical (unpaired) electrons. The summed E-state index contributed by atoms with van der Waals surface area (Å²) < 4.78 is 23.9. The molecule has 20 heavy (non-hydrogen) atoms. The summed E-state index contributed by atoms with van der Waals surface area (Å²) in [6.07, 6.45) is 1.93. The molecule has 0 atom stereocenters. The number of sulfone groups is 1. The molecule has 0 fully saturated rings. The van der Waals surface area contributed by atoms with Crippen LogP contribution in [0.2, 0.25) is 0 Å². The highest BCUT2D eigenvalue weighted by molar-refractivity contribution is 7.90. The SMILES string of the molecule is C=C(N)NC(=C)c1ccc(CC(C)C)c(S(C)(=O)=O)c1. The van der Waals surface area contributed by atoms with Gasteiger partial charge in [-0.3, -0.25) is 0 Å². The lowest BCUT2D eigenvalue weighted by atomic mass is 10.0. The van der Waals surface area contributed by atoms with Crippen molar-refractivity contribution in [3.05, 3.63) is 48.3 Å². The van der Waals surface area contributed by atoms with Crippen molar-refractivity contribution in [3.63, 3.8) is 0 Å². The van der Waals surface area contributed by atoms with Gasteiger partial charge in [0.05, 0.1) is 10.7 Å². The van der Waals surface area contributed by atoms with Gasteiger partial charge in [0.25, 0.3) is 0 Å². The third-order valence-electron chi connectivity index (χ3n) is 2.75. The summed E-state index contributed by atoms with van der Waals surface area (Å²) in [6, 6.07) is 5.30. The van der Waals surface area contributed by atoms with Gasteiger partial charge in [-0.15, -0.1) is 0 Å². The van der Waals surface area contributed by atoms with Crippen LogP contribution in [0.4, 0.5) is 0 Å². The fourth-order valence-corrected chi connectivity index (χ4v) is 2.93. The zero-order chi connectivity index (χ0) is 15.5. The molecule has 0 bridgehead atoms. The molecule has 1 aromatic rings. The average molecular weight is 294 g/mol. The smallest absolute Gasteiger partial charge is 0.175 e. The third-order valence-corrected chi connectivity index (χ3v) is 3.93. The van der Waals surface area contributed by atoms with E-state index < -0.39 is 9.84 Å². The van der Waals surface area contributed by atoms with Gasteiger partial charge in [-0.05, 0) is 29.5 Å². The number of benzene rings is 1. The van der Waals surface area contributed by atoms with Crippen LogP contribution in [0.1, 0.15) is 25.0 Å². The Morgan fingerprint density at radius 1 is 1.35 bits per heavy atom. The van der Waals surface area contributed by atoms with E-state index in [1.165, 1.54) is 6.26 Å². The van der Waals surface area contributed by atoms with E-state index in [2.05, 4.69) is 32.3 Å². The Labute approximate surface area is 121 Å². The normalized spacial score (nSPS) is 11.4. The molecule has 0 amide bonds. The van der Waals surface area contributed by atoms with E-state index in [1.807, 2.05) is 12.1 Å². The fraction of sp³-hybridized carbons (Fsp3) is 0.333. The van der Waals surface area contributed by atoms with Crippen LogP contribution in [0.5, 0.6) is 0 Å². The minimum Gasteiger partial charge on any atom is -0.386 e. The maximum atomic E-state index is 11.9. The lowest BCUT2D eigenvalue weighted by molar-refractivity contribution is 0.596. The summed E-state index contributed by atoms with van der Waals surface area (Å²) in [5, 5.41) is 2.79. The van der Waals surface area contributed by atoms with Crippen LogP contribution in [-0.2, 0) is 16.3 Å². The molecular formula is C15H22N2O2S. The molecule has 0 aliphatic carbocycles. The molecular weight excluding hydrogens is 272 g/mol. The summed E-state index contributed by atoms with van der Waals surface area (Å²) in [7, 11) is -3.29. The average Bonchev–Trinajstić information content (AvgIpc) is 2.26. The first-order chi connectivity index (χ1) is 9.11. The van der Waals surface area contributed by atoms with Gasteiger partial charge in [0.1, 0.15) is 0 Å². The molecule has 0 aliphatic rings. The number of rotatable bonds is 6. The fourth-order valence-electron chi connectivity index (χ4n) is 1.96. The first kappa shape index (κ1) is 16.3. The maximum Gasteiger partial charge on any atom is 0.175 e. The number of hydrogen-bond acceptors (Lipinski definition) is 4. The van der Waals surface area contributed by atoms with Gasteiger partial charge in [0, 0.05) is 12.0 Å². The Hall–Kier alpha value is -1.75. The van der Waals surface area contributed by atoms with Gasteiger partial charge in [-0.25, -0.2) is 8.42 Å². The van der Waals surface area contributed by atoms with Gasteiger partial charge >= 0.3 is 0 Å². The molecule has 1 aromatic carbocycles.